The van der Waals surface area contributed by atoms with Gasteiger partial charge in [-0.2, -0.15) is 0 Å². The molecular weight excluding hydrogens is 284 g/mol. The lowest BCUT2D eigenvalue weighted by molar-refractivity contribution is -0.118. The molecule has 2 fully saturated rings. The summed E-state index contributed by atoms with van der Waals surface area (Å²) >= 11 is 5.85. The lowest BCUT2D eigenvalue weighted by Gasteiger charge is -2.41. The Bertz CT molecular complexity index is 488. The number of nitrogens with one attached hydrogen (secondary N) is 1. The molecule has 1 saturated carbocycles. The van der Waals surface area contributed by atoms with Gasteiger partial charge in [0.15, 0.2) is 0 Å². The largest absolute Gasteiger partial charge is 0.325 e. The molecule has 3 rings (SSSR count). The molecular formula is C17H23ClN2O. The van der Waals surface area contributed by atoms with E-state index in [9.17, 15) is 4.79 Å². The second kappa shape index (κ2) is 6.80. The van der Waals surface area contributed by atoms with Crippen molar-refractivity contribution in [1.82, 2.24) is 4.90 Å². The molecule has 114 valence electrons. The first-order valence-electron chi connectivity index (χ1n) is 7.98. The number of anilines is 1. The monoisotopic (exact) mass is 306 g/mol. The summed E-state index contributed by atoms with van der Waals surface area (Å²) in [6, 6.07) is 7.27. The Hall–Kier alpha value is -1.06. The third kappa shape index (κ3) is 3.98. The van der Waals surface area contributed by atoms with Crippen molar-refractivity contribution in [3.63, 3.8) is 0 Å². The Labute approximate surface area is 131 Å². The number of nitrogens with zero attached hydrogens (tertiary/aromatic N) is 1. The second-order valence-corrected chi connectivity index (χ2v) is 6.82. The lowest BCUT2D eigenvalue weighted by Crippen LogP contribution is -2.44. The molecule has 0 bridgehead atoms. The molecule has 21 heavy (non-hydrogen) atoms. The quantitative estimate of drug-likeness (QED) is 0.921. The highest BCUT2D eigenvalue weighted by atomic mass is 35.5. The molecule has 1 N–H and O–H groups in total. The van der Waals surface area contributed by atoms with Crippen LogP contribution in [0.3, 0.4) is 0 Å². The summed E-state index contributed by atoms with van der Waals surface area (Å²) in [6.07, 6.45) is 6.78. The summed E-state index contributed by atoms with van der Waals surface area (Å²) < 4.78 is 0. The van der Waals surface area contributed by atoms with Gasteiger partial charge in [0, 0.05) is 17.3 Å². The Kier molecular flexibility index (Phi) is 4.81. The molecule has 1 aromatic rings. The summed E-state index contributed by atoms with van der Waals surface area (Å²) in [5.41, 5.74) is 0.817. The van der Waals surface area contributed by atoms with Crippen molar-refractivity contribution in [3.05, 3.63) is 29.3 Å². The lowest BCUT2D eigenvalue weighted by atomic mass is 9.75. The Morgan fingerprint density at radius 3 is 2.62 bits per heavy atom. The van der Waals surface area contributed by atoms with Crippen LogP contribution in [-0.4, -0.2) is 30.4 Å². The molecule has 2 atom stereocenters. The van der Waals surface area contributed by atoms with Crippen LogP contribution < -0.4 is 5.32 Å². The van der Waals surface area contributed by atoms with Gasteiger partial charge >= 0.3 is 0 Å². The van der Waals surface area contributed by atoms with Crippen LogP contribution in [0.25, 0.3) is 0 Å². The highest BCUT2D eigenvalue weighted by Gasteiger charge is 2.31. The fraction of sp³-hybridized carbons (Fsp3) is 0.588. The molecule has 1 amide bonds. The maximum atomic E-state index is 12.1. The number of fused-ring (bicyclic) bond motifs is 1. The van der Waals surface area contributed by atoms with Gasteiger partial charge in [-0.15, -0.1) is 0 Å². The van der Waals surface area contributed by atoms with Crippen molar-refractivity contribution in [2.24, 2.45) is 11.8 Å². The van der Waals surface area contributed by atoms with Crippen LogP contribution in [0.5, 0.6) is 0 Å². The van der Waals surface area contributed by atoms with Crippen LogP contribution >= 0.6 is 11.6 Å². The van der Waals surface area contributed by atoms with E-state index in [1.165, 1.54) is 32.1 Å². The number of halogens is 1. The topological polar surface area (TPSA) is 32.3 Å². The molecule has 1 heterocycles. The maximum Gasteiger partial charge on any atom is 0.238 e. The van der Waals surface area contributed by atoms with E-state index in [-0.39, 0.29) is 5.91 Å². The predicted octanol–water partition coefficient (Wildman–Crippen LogP) is 3.79. The fourth-order valence-corrected chi connectivity index (χ4v) is 3.88. The molecule has 4 heteroatoms. The zero-order valence-electron chi connectivity index (χ0n) is 12.4. The van der Waals surface area contributed by atoms with E-state index in [0.29, 0.717) is 11.6 Å². The summed E-state index contributed by atoms with van der Waals surface area (Å²) in [5.74, 6) is 1.80. The molecule has 0 unspecified atom stereocenters. The molecule has 0 spiro atoms. The average Bonchev–Trinajstić information content (AvgIpc) is 2.49. The second-order valence-electron chi connectivity index (χ2n) is 6.38. The normalized spacial score (nSPS) is 26.1. The van der Waals surface area contributed by atoms with Gasteiger partial charge in [0.1, 0.15) is 0 Å². The molecule has 0 radical (unpaired) electrons. The summed E-state index contributed by atoms with van der Waals surface area (Å²) in [5, 5.41) is 3.64. The number of rotatable bonds is 3. The first-order chi connectivity index (χ1) is 10.2. The minimum Gasteiger partial charge on any atom is -0.325 e. The minimum absolute atomic E-state index is 0.0755. The summed E-state index contributed by atoms with van der Waals surface area (Å²) in [6.45, 7) is 2.67. The SMILES string of the molecule is O=C(CN1CC[C@@H]2CCCC[C@H]2C1)Nc1ccc(Cl)cc1. The molecule has 3 nitrogen and oxygen atoms in total. The van der Waals surface area contributed by atoms with E-state index in [4.69, 9.17) is 11.6 Å². The Morgan fingerprint density at radius 2 is 1.86 bits per heavy atom. The van der Waals surface area contributed by atoms with E-state index in [1.54, 1.807) is 12.1 Å². The smallest absolute Gasteiger partial charge is 0.238 e. The average molecular weight is 307 g/mol. The highest BCUT2D eigenvalue weighted by Crippen LogP contribution is 2.35. The van der Waals surface area contributed by atoms with Crippen molar-refractivity contribution in [1.29, 1.82) is 0 Å². The van der Waals surface area contributed by atoms with Crippen LogP contribution in [0.2, 0.25) is 5.02 Å². The molecule has 1 aliphatic carbocycles. The van der Waals surface area contributed by atoms with E-state index in [2.05, 4.69) is 10.2 Å². The first kappa shape index (κ1) is 14.9. The fourth-order valence-electron chi connectivity index (χ4n) is 3.76. The van der Waals surface area contributed by atoms with Crippen LogP contribution in [0.4, 0.5) is 5.69 Å². The number of hydrogen-bond acceptors (Lipinski definition) is 2. The number of carbonyl (C=O) groups is 1. The van der Waals surface area contributed by atoms with Crippen LogP contribution in [0, 0.1) is 11.8 Å². The number of likely N-dealkylation sites (tertiary alicyclic amines) is 1. The van der Waals surface area contributed by atoms with E-state index in [0.717, 1.165) is 30.6 Å². The van der Waals surface area contributed by atoms with Crippen LogP contribution in [0.1, 0.15) is 32.1 Å². The van der Waals surface area contributed by atoms with Crippen molar-refractivity contribution >= 4 is 23.2 Å². The third-order valence-corrected chi connectivity index (χ3v) is 5.12. The third-order valence-electron chi connectivity index (χ3n) is 4.87. The van der Waals surface area contributed by atoms with Gasteiger partial charge < -0.3 is 5.32 Å². The highest BCUT2D eigenvalue weighted by molar-refractivity contribution is 6.30. The van der Waals surface area contributed by atoms with Gasteiger partial charge in [-0.3, -0.25) is 9.69 Å². The molecule has 1 saturated heterocycles. The first-order valence-corrected chi connectivity index (χ1v) is 8.36. The number of piperidine rings is 1. The van der Waals surface area contributed by atoms with Crippen molar-refractivity contribution in [3.8, 4) is 0 Å². The van der Waals surface area contributed by atoms with E-state index in [1.807, 2.05) is 12.1 Å². The molecule has 1 aromatic carbocycles. The number of carbonyl (C=O) groups excluding carboxylic acids is 1. The van der Waals surface area contributed by atoms with Gasteiger partial charge in [0.2, 0.25) is 5.91 Å². The predicted molar refractivity (Wildman–Crippen MR) is 86.6 cm³/mol. The van der Waals surface area contributed by atoms with E-state index < -0.39 is 0 Å². The van der Waals surface area contributed by atoms with Crippen molar-refractivity contribution in [2.75, 3.05) is 25.0 Å². The Morgan fingerprint density at radius 1 is 1.14 bits per heavy atom. The minimum atomic E-state index is 0.0755. The molecule has 2 aliphatic rings. The van der Waals surface area contributed by atoms with Crippen LogP contribution in [0.15, 0.2) is 24.3 Å². The summed E-state index contributed by atoms with van der Waals surface area (Å²) in [4.78, 5) is 14.5. The van der Waals surface area contributed by atoms with Crippen LogP contribution in [-0.2, 0) is 4.79 Å². The molecule has 1 aliphatic heterocycles. The van der Waals surface area contributed by atoms with Crippen molar-refractivity contribution < 1.29 is 4.79 Å². The number of benzene rings is 1. The van der Waals surface area contributed by atoms with Gasteiger partial charge in [-0.25, -0.2) is 0 Å². The number of hydrogen-bond donors (Lipinski definition) is 1. The van der Waals surface area contributed by atoms with Gasteiger partial charge in [0.25, 0.3) is 0 Å². The number of amides is 1. The standard InChI is InChI=1S/C17H23ClN2O/c18-15-5-7-16(8-6-15)19-17(21)12-20-10-9-13-3-1-2-4-14(13)11-20/h5-8,13-14H,1-4,9-12H2,(H,19,21)/t13-,14-/m0/s1. The zero-order chi connectivity index (χ0) is 14.7. The Balaban J connectivity index is 1.49. The van der Waals surface area contributed by atoms with Gasteiger partial charge in [-0.1, -0.05) is 30.9 Å². The van der Waals surface area contributed by atoms with Gasteiger partial charge in [0.05, 0.1) is 6.54 Å². The maximum absolute atomic E-state index is 12.1. The summed E-state index contributed by atoms with van der Waals surface area (Å²) in [7, 11) is 0. The van der Waals surface area contributed by atoms with Crippen molar-refractivity contribution in [2.45, 2.75) is 32.1 Å². The van der Waals surface area contributed by atoms with Gasteiger partial charge in [-0.05, 0) is 55.5 Å². The van der Waals surface area contributed by atoms with E-state index >= 15 is 0 Å². The molecule has 0 aromatic heterocycles. The zero-order valence-corrected chi connectivity index (χ0v) is 13.1.